The maximum Gasteiger partial charge on any atom is 0.160 e. The lowest BCUT2D eigenvalue weighted by Crippen LogP contribution is -2.17. The Morgan fingerprint density at radius 2 is 1.76 bits per heavy atom. The first kappa shape index (κ1) is 21.9. The molecule has 5 rings (SSSR count). The van der Waals surface area contributed by atoms with E-state index < -0.39 is 17.5 Å². The zero-order valence-corrected chi connectivity index (χ0v) is 18.8. The molecular formula is C26H22F3NO2S. The Bertz CT molecular complexity index is 1350. The second kappa shape index (κ2) is 8.80. The molecule has 0 amide bonds. The van der Waals surface area contributed by atoms with E-state index in [9.17, 15) is 18.3 Å². The SMILES string of the molecule is CSc1cccc(-c2c(C3CCOCC3)n(-c3ccc(F)c(F)c3)c3cc(F)cc(O)c23)c1. The van der Waals surface area contributed by atoms with Crippen molar-refractivity contribution in [2.45, 2.75) is 23.7 Å². The fourth-order valence-corrected chi connectivity index (χ4v) is 5.17. The van der Waals surface area contributed by atoms with Gasteiger partial charge < -0.3 is 14.4 Å². The predicted octanol–water partition coefficient (Wildman–Crippen LogP) is 7.04. The summed E-state index contributed by atoms with van der Waals surface area (Å²) in [6.45, 7) is 1.13. The van der Waals surface area contributed by atoms with Crippen molar-refractivity contribution in [2.75, 3.05) is 19.5 Å². The van der Waals surface area contributed by atoms with Crippen LogP contribution in [0.2, 0.25) is 0 Å². The summed E-state index contributed by atoms with van der Waals surface area (Å²) < 4.78 is 49.9. The maximum absolute atomic E-state index is 14.5. The van der Waals surface area contributed by atoms with Gasteiger partial charge in [0.1, 0.15) is 11.6 Å². The number of hydrogen-bond donors (Lipinski definition) is 1. The molecule has 0 atom stereocenters. The van der Waals surface area contributed by atoms with Crippen LogP contribution in [0.5, 0.6) is 5.75 Å². The van der Waals surface area contributed by atoms with Crippen molar-refractivity contribution in [3.63, 3.8) is 0 Å². The zero-order valence-electron chi connectivity index (χ0n) is 17.9. The van der Waals surface area contributed by atoms with Crippen LogP contribution >= 0.6 is 11.8 Å². The maximum atomic E-state index is 14.5. The standard InChI is InChI=1S/C26H22F3NO2S/c1-33-19-4-2-3-16(11-19)24-25-22(12-17(27)13-23(25)31)30(18-5-6-20(28)21(29)14-18)26(24)15-7-9-32-10-8-15/h2-6,11-15,31H,7-10H2,1H3. The minimum Gasteiger partial charge on any atom is -0.507 e. The lowest BCUT2D eigenvalue weighted by molar-refractivity contribution is 0.0843. The average molecular weight is 470 g/mol. The van der Waals surface area contributed by atoms with Crippen LogP contribution in [-0.4, -0.2) is 29.1 Å². The lowest BCUT2D eigenvalue weighted by Gasteiger charge is -2.26. The first-order valence-electron chi connectivity index (χ1n) is 10.7. The number of thioether (sulfide) groups is 1. The van der Waals surface area contributed by atoms with E-state index in [1.807, 2.05) is 30.5 Å². The van der Waals surface area contributed by atoms with E-state index in [2.05, 4.69) is 0 Å². The molecule has 0 bridgehead atoms. The molecule has 2 heterocycles. The van der Waals surface area contributed by atoms with Crippen LogP contribution in [-0.2, 0) is 4.74 Å². The summed E-state index contributed by atoms with van der Waals surface area (Å²) in [5.74, 6) is -2.72. The Kier molecular flexibility index (Phi) is 5.85. The molecule has 1 aliphatic heterocycles. The van der Waals surface area contributed by atoms with Gasteiger partial charge in [0.15, 0.2) is 11.6 Å². The van der Waals surface area contributed by atoms with E-state index in [-0.39, 0.29) is 11.7 Å². The molecule has 1 aliphatic rings. The van der Waals surface area contributed by atoms with Gasteiger partial charge >= 0.3 is 0 Å². The highest BCUT2D eigenvalue weighted by molar-refractivity contribution is 7.98. The molecule has 0 radical (unpaired) electrons. The van der Waals surface area contributed by atoms with E-state index in [1.165, 1.54) is 12.1 Å². The van der Waals surface area contributed by atoms with Crippen molar-refractivity contribution < 1.29 is 23.0 Å². The zero-order chi connectivity index (χ0) is 23.1. The van der Waals surface area contributed by atoms with Crippen LogP contribution < -0.4 is 0 Å². The van der Waals surface area contributed by atoms with Gasteiger partial charge in [-0.15, -0.1) is 11.8 Å². The first-order chi connectivity index (χ1) is 16.0. The van der Waals surface area contributed by atoms with Gasteiger partial charge in [-0.25, -0.2) is 13.2 Å². The fraction of sp³-hybridized carbons (Fsp3) is 0.231. The van der Waals surface area contributed by atoms with E-state index in [1.54, 1.807) is 16.3 Å². The van der Waals surface area contributed by atoms with Crippen LogP contribution in [0.3, 0.4) is 0 Å². The monoisotopic (exact) mass is 469 g/mol. The van der Waals surface area contributed by atoms with Crippen molar-refractivity contribution in [1.29, 1.82) is 0 Å². The van der Waals surface area contributed by atoms with Gasteiger partial charge in [-0.3, -0.25) is 0 Å². The molecule has 0 aliphatic carbocycles. The van der Waals surface area contributed by atoms with Crippen molar-refractivity contribution in [2.24, 2.45) is 0 Å². The third-order valence-electron chi connectivity index (χ3n) is 6.18. The smallest absolute Gasteiger partial charge is 0.160 e. The summed E-state index contributed by atoms with van der Waals surface area (Å²) in [5.41, 5.74) is 3.26. The number of rotatable bonds is 4. The second-order valence-electron chi connectivity index (χ2n) is 8.13. The number of phenolic OH excluding ortho intramolecular Hbond substituents is 1. The Morgan fingerprint density at radius 1 is 0.970 bits per heavy atom. The van der Waals surface area contributed by atoms with Crippen molar-refractivity contribution in [3.05, 3.63) is 77.7 Å². The lowest BCUT2D eigenvalue weighted by atomic mass is 9.90. The van der Waals surface area contributed by atoms with Crippen LogP contribution in [0.1, 0.15) is 24.5 Å². The highest BCUT2D eigenvalue weighted by Gasteiger charge is 2.30. The molecule has 1 aromatic heterocycles. The molecule has 3 aromatic carbocycles. The Labute approximate surface area is 193 Å². The molecule has 7 heteroatoms. The molecule has 1 N–H and O–H groups in total. The van der Waals surface area contributed by atoms with E-state index >= 15 is 0 Å². The Morgan fingerprint density at radius 3 is 2.48 bits per heavy atom. The van der Waals surface area contributed by atoms with Crippen LogP contribution in [0.4, 0.5) is 13.2 Å². The van der Waals surface area contributed by atoms with Gasteiger partial charge in [0.2, 0.25) is 0 Å². The summed E-state index contributed by atoms with van der Waals surface area (Å²) >= 11 is 1.60. The van der Waals surface area contributed by atoms with Gasteiger partial charge in [0.05, 0.1) is 10.9 Å². The minimum atomic E-state index is -0.987. The predicted molar refractivity (Wildman–Crippen MR) is 125 cm³/mol. The number of nitrogens with zero attached hydrogens (tertiary/aromatic N) is 1. The molecule has 170 valence electrons. The molecule has 33 heavy (non-hydrogen) atoms. The summed E-state index contributed by atoms with van der Waals surface area (Å²) in [5, 5.41) is 11.4. The summed E-state index contributed by atoms with van der Waals surface area (Å²) in [6.07, 6.45) is 3.42. The van der Waals surface area contributed by atoms with Gasteiger partial charge in [-0.2, -0.15) is 0 Å². The topological polar surface area (TPSA) is 34.4 Å². The Hall–Kier alpha value is -2.90. The van der Waals surface area contributed by atoms with E-state index in [4.69, 9.17) is 4.74 Å². The van der Waals surface area contributed by atoms with Gasteiger partial charge in [0, 0.05) is 53.1 Å². The molecule has 0 unspecified atom stereocenters. The summed E-state index contributed by atoms with van der Waals surface area (Å²) in [6, 6.07) is 14.0. The molecule has 3 nitrogen and oxygen atoms in total. The number of fused-ring (bicyclic) bond motifs is 1. The molecule has 1 saturated heterocycles. The van der Waals surface area contributed by atoms with Crippen LogP contribution in [0.15, 0.2) is 59.5 Å². The minimum absolute atomic E-state index is 0.0228. The molecule has 1 fully saturated rings. The third-order valence-corrected chi connectivity index (χ3v) is 6.90. The van der Waals surface area contributed by atoms with Crippen LogP contribution in [0.25, 0.3) is 27.7 Å². The number of hydrogen-bond acceptors (Lipinski definition) is 3. The van der Waals surface area contributed by atoms with Crippen molar-refractivity contribution in [1.82, 2.24) is 4.57 Å². The highest BCUT2D eigenvalue weighted by Crippen LogP contribution is 2.47. The number of aromatic nitrogens is 1. The normalized spacial score (nSPS) is 14.8. The number of ether oxygens (including phenoxy) is 1. The van der Waals surface area contributed by atoms with Gasteiger partial charge in [-0.05, 0) is 55.0 Å². The molecule has 4 aromatic rings. The Balaban J connectivity index is 1.92. The average Bonchev–Trinajstić information content (AvgIpc) is 3.17. The van der Waals surface area contributed by atoms with E-state index in [0.717, 1.165) is 52.8 Å². The second-order valence-corrected chi connectivity index (χ2v) is 9.01. The third kappa shape index (κ3) is 3.89. The molecule has 0 saturated carbocycles. The quantitative estimate of drug-likeness (QED) is 0.326. The summed E-state index contributed by atoms with van der Waals surface area (Å²) in [4.78, 5) is 1.04. The van der Waals surface area contributed by atoms with Crippen LogP contribution in [0, 0.1) is 17.5 Å². The molecular weight excluding hydrogens is 447 g/mol. The largest absolute Gasteiger partial charge is 0.507 e. The van der Waals surface area contributed by atoms with Gasteiger partial charge in [-0.1, -0.05) is 12.1 Å². The van der Waals surface area contributed by atoms with E-state index in [0.29, 0.717) is 29.8 Å². The fourth-order valence-electron chi connectivity index (χ4n) is 4.71. The highest BCUT2D eigenvalue weighted by atomic mass is 32.2. The van der Waals surface area contributed by atoms with Crippen molar-refractivity contribution >= 4 is 22.7 Å². The van der Waals surface area contributed by atoms with Crippen molar-refractivity contribution in [3.8, 4) is 22.6 Å². The number of halogens is 3. The number of aromatic hydroxyl groups is 1. The number of benzene rings is 3. The first-order valence-corrected chi connectivity index (χ1v) is 11.9. The number of phenols is 1. The molecule has 0 spiro atoms. The van der Waals surface area contributed by atoms with Gasteiger partial charge in [0.25, 0.3) is 0 Å². The summed E-state index contributed by atoms with van der Waals surface area (Å²) in [7, 11) is 0.